The third kappa shape index (κ3) is 4.67. The number of aromatic nitrogens is 2. The molecule has 1 atom stereocenters. The molecule has 0 saturated heterocycles. The highest BCUT2D eigenvalue weighted by Gasteiger charge is 2.24. The largest absolute Gasteiger partial charge is 0.361 e. The minimum atomic E-state index is -0.761. The number of amides is 2. The van der Waals surface area contributed by atoms with Gasteiger partial charge in [0.05, 0.1) is 5.52 Å². The third-order valence-corrected chi connectivity index (χ3v) is 5.92. The van der Waals surface area contributed by atoms with Crippen molar-refractivity contribution in [2.75, 3.05) is 0 Å². The molecule has 3 N–H and O–H groups in total. The van der Waals surface area contributed by atoms with E-state index in [4.69, 9.17) is 0 Å². The summed E-state index contributed by atoms with van der Waals surface area (Å²) in [6.45, 7) is 3.65. The van der Waals surface area contributed by atoms with Crippen molar-refractivity contribution in [3.63, 3.8) is 0 Å². The minimum absolute atomic E-state index is 0.0816. The number of pyridine rings is 1. The molecule has 4 aromatic rings. The number of nitrogens with zero attached hydrogens (tertiary/aromatic N) is 1. The molecule has 1 unspecified atom stereocenters. The van der Waals surface area contributed by atoms with E-state index in [-0.39, 0.29) is 29.8 Å². The first-order valence-electron chi connectivity index (χ1n) is 11.1. The summed E-state index contributed by atoms with van der Waals surface area (Å²) in [6, 6.07) is 16.5. The number of H-pyrrole nitrogens is 1. The van der Waals surface area contributed by atoms with Crippen LogP contribution in [-0.2, 0) is 29.6 Å². The summed E-state index contributed by atoms with van der Waals surface area (Å²) >= 11 is 0. The van der Waals surface area contributed by atoms with Crippen LogP contribution in [-0.4, -0.2) is 27.4 Å². The number of rotatable bonds is 7. The van der Waals surface area contributed by atoms with Gasteiger partial charge in [0, 0.05) is 48.6 Å². The number of fused-ring (bicyclic) bond motifs is 2. The van der Waals surface area contributed by atoms with E-state index < -0.39 is 6.04 Å². The summed E-state index contributed by atoms with van der Waals surface area (Å²) in [5.74, 6) is -0.780. The second-order valence-corrected chi connectivity index (χ2v) is 8.59. The SMILES string of the molecule is CC(C)C(=O)NC(Cc1c[nH]c2ccccc12)C(=O)NCc1cc2ccccc2n(C)c1=O. The Morgan fingerprint density at radius 3 is 2.52 bits per heavy atom. The molecule has 0 spiro atoms. The van der Waals surface area contributed by atoms with Crippen LogP contribution in [0.3, 0.4) is 0 Å². The van der Waals surface area contributed by atoms with Crippen molar-refractivity contribution in [1.29, 1.82) is 0 Å². The first-order valence-corrected chi connectivity index (χ1v) is 11.1. The molecule has 2 aromatic carbocycles. The van der Waals surface area contributed by atoms with Crippen LogP contribution >= 0.6 is 0 Å². The number of benzene rings is 2. The molecule has 2 aromatic heterocycles. The minimum Gasteiger partial charge on any atom is -0.361 e. The van der Waals surface area contributed by atoms with E-state index in [0.29, 0.717) is 12.0 Å². The molecule has 170 valence electrons. The van der Waals surface area contributed by atoms with Crippen molar-refractivity contribution in [2.24, 2.45) is 13.0 Å². The Morgan fingerprint density at radius 2 is 1.73 bits per heavy atom. The summed E-state index contributed by atoms with van der Waals surface area (Å²) in [5.41, 5.74) is 3.08. The van der Waals surface area contributed by atoms with Crippen molar-refractivity contribution in [3.8, 4) is 0 Å². The quantitative estimate of drug-likeness (QED) is 0.409. The van der Waals surface area contributed by atoms with Crippen LogP contribution in [0, 0.1) is 5.92 Å². The summed E-state index contributed by atoms with van der Waals surface area (Å²) in [7, 11) is 1.72. The van der Waals surface area contributed by atoms with Gasteiger partial charge in [0.15, 0.2) is 0 Å². The van der Waals surface area contributed by atoms with Crippen molar-refractivity contribution in [1.82, 2.24) is 20.2 Å². The molecule has 0 bridgehead atoms. The molecule has 2 heterocycles. The summed E-state index contributed by atoms with van der Waals surface area (Å²) < 4.78 is 1.58. The van der Waals surface area contributed by atoms with E-state index in [9.17, 15) is 14.4 Å². The molecule has 33 heavy (non-hydrogen) atoms. The van der Waals surface area contributed by atoms with Crippen molar-refractivity contribution in [3.05, 3.63) is 82.3 Å². The molecule has 4 rings (SSSR count). The van der Waals surface area contributed by atoms with E-state index in [1.807, 2.05) is 54.7 Å². The number of carbonyl (C=O) groups excluding carboxylic acids is 2. The summed E-state index contributed by atoms with van der Waals surface area (Å²) in [4.78, 5) is 41.6. The zero-order valence-electron chi connectivity index (χ0n) is 19.0. The normalized spacial score (nSPS) is 12.2. The Hall–Kier alpha value is -3.87. The molecule has 0 aliphatic rings. The van der Waals surface area contributed by atoms with Gasteiger partial charge in [0.2, 0.25) is 11.8 Å². The lowest BCUT2D eigenvalue weighted by atomic mass is 10.0. The number of hydrogen-bond acceptors (Lipinski definition) is 3. The first kappa shape index (κ1) is 22.3. The molecular weight excluding hydrogens is 416 g/mol. The third-order valence-electron chi connectivity index (χ3n) is 5.92. The van der Waals surface area contributed by atoms with Gasteiger partial charge in [-0.25, -0.2) is 0 Å². The van der Waals surface area contributed by atoms with E-state index in [0.717, 1.165) is 27.4 Å². The second kappa shape index (κ2) is 9.32. The van der Waals surface area contributed by atoms with Gasteiger partial charge in [0.25, 0.3) is 5.56 Å². The number of para-hydroxylation sites is 2. The fraction of sp³-hybridized carbons (Fsp3) is 0.269. The van der Waals surface area contributed by atoms with E-state index >= 15 is 0 Å². The lowest BCUT2D eigenvalue weighted by Gasteiger charge is -2.20. The van der Waals surface area contributed by atoms with Crippen LogP contribution in [0.1, 0.15) is 25.0 Å². The number of aryl methyl sites for hydroxylation is 1. The number of aromatic amines is 1. The lowest BCUT2D eigenvalue weighted by Crippen LogP contribution is -2.49. The Morgan fingerprint density at radius 1 is 1.00 bits per heavy atom. The maximum atomic E-state index is 13.2. The average Bonchev–Trinajstić information content (AvgIpc) is 3.22. The molecule has 0 radical (unpaired) electrons. The Kier molecular flexibility index (Phi) is 6.31. The van der Waals surface area contributed by atoms with Crippen LogP contribution in [0.4, 0.5) is 0 Å². The molecule has 0 aliphatic carbocycles. The lowest BCUT2D eigenvalue weighted by molar-refractivity contribution is -0.130. The fourth-order valence-corrected chi connectivity index (χ4v) is 3.99. The second-order valence-electron chi connectivity index (χ2n) is 8.59. The number of hydrogen-bond donors (Lipinski definition) is 3. The maximum absolute atomic E-state index is 13.2. The van der Waals surface area contributed by atoms with Crippen LogP contribution in [0.5, 0.6) is 0 Å². The Bertz CT molecular complexity index is 1380. The highest BCUT2D eigenvalue weighted by Crippen LogP contribution is 2.19. The Labute approximate surface area is 191 Å². The van der Waals surface area contributed by atoms with E-state index in [1.165, 1.54) is 0 Å². The van der Waals surface area contributed by atoms with Crippen molar-refractivity contribution in [2.45, 2.75) is 32.9 Å². The zero-order valence-corrected chi connectivity index (χ0v) is 19.0. The first-order chi connectivity index (χ1) is 15.8. The van der Waals surface area contributed by atoms with Gasteiger partial charge in [-0.2, -0.15) is 0 Å². The topological polar surface area (TPSA) is 96.0 Å². The van der Waals surface area contributed by atoms with E-state index in [1.54, 1.807) is 31.5 Å². The van der Waals surface area contributed by atoms with Gasteiger partial charge in [0.1, 0.15) is 6.04 Å². The molecule has 0 fully saturated rings. The van der Waals surface area contributed by atoms with Crippen LogP contribution in [0.25, 0.3) is 21.8 Å². The van der Waals surface area contributed by atoms with Crippen molar-refractivity contribution >= 4 is 33.6 Å². The predicted octanol–water partition coefficient (Wildman–Crippen LogP) is 3.02. The monoisotopic (exact) mass is 444 g/mol. The highest BCUT2D eigenvalue weighted by molar-refractivity contribution is 5.90. The summed E-state index contributed by atoms with van der Waals surface area (Å²) in [6.07, 6.45) is 2.20. The van der Waals surface area contributed by atoms with Gasteiger partial charge in [-0.3, -0.25) is 14.4 Å². The van der Waals surface area contributed by atoms with Crippen molar-refractivity contribution < 1.29 is 9.59 Å². The van der Waals surface area contributed by atoms with Gasteiger partial charge in [-0.05, 0) is 29.1 Å². The van der Waals surface area contributed by atoms with Crippen LogP contribution < -0.4 is 16.2 Å². The molecule has 0 aliphatic heterocycles. The predicted molar refractivity (Wildman–Crippen MR) is 130 cm³/mol. The van der Waals surface area contributed by atoms with Gasteiger partial charge in [-0.1, -0.05) is 50.2 Å². The fourth-order valence-electron chi connectivity index (χ4n) is 3.99. The molecule has 2 amide bonds. The molecule has 7 heteroatoms. The average molecular weight is 445 g/mol. The molecular formula is C26H28N4O3. The maximum Gasteiger partial charge on any atom is 0.255 e. The van der Waals surface area contributed by atoms with Gasteiger partial charge < -0.3 is 20.2 Å². The summed E-state index contributed by atoms with van der Waals surface area (Å²) in [5, 5.41) is 7.66. The van der Waals surface area contributed by atoms with E-state index in [2.05, 4.69) is 15.6 Å². The van der Waals surface area contributed by atoms with Gasteiger partial charge >= 0.3 is 0 Å². The number of carbonyl (C=O) groups is 2. The van der Waals surface area contributed by atoms with Crippen LogP contribution in [0.2, 0.25) is 0 Å². The molecule has 7 nitrogen and oxygen atoms in total. The zero-order chi connectivity index (χ0) is 23.5. The smallest absolute Gasteiger partial charge is 0.255 e. The van der Waals surface area contributed by atoms with Crippen LogP contribution in [0.15, 0.2) is 65.6 Å². The van der Waals surface area contributed by atoms with Gasteiger partial charge in [-0.15, -0.1) is 0 Å². The molecule has 0 saturated carbocycles. The number of nitrogens with one attached hydrogen (secondary N) is 3. The Balaban J connectivity index is 1.56. The highest BCUT2D eigenvalue weighted by atomic mass is 16.2. The standard InChI is InChI=1S/C26H28N4O3/c1-16(2)24(31)29-22(13-18-14-27-21-10-6-5-9-20(18)21)25(32)28-15-19-12-17-8-4-7-11-23(17)30(3)26(19)33/h4-12,14,16,22,27H,13,15H2,1-3H3,(H,28,32)(H,29,31).